The maximum Gasteiger partial charge on any atom is 0.305 e. The van der Waals surface area contributed by atoms with Crippen LogP contribution in [0.25, 0.3) is 33.7 Å². The van der Waals surface area contributed by atoms with E-state index in [4.69, 9.17) is 35.8 Å². The lowest BCUT2D eigenvalue weighted by atomic mass is 9.86. The molecule has 2 aliphatic heterocycles. The standard InChI is InChI=1S/C37H47ClN4O4/c1-9-26-21(3)30-19-34-36(25(7)46-15-14-45-13-12-38)23(5)32(41-34)18-31-22(4)27(10-11-35(43)44-8)37(42-31)24(6)29-16-20(2)28(39-29)17-33(26)40-30/h16-19,22,25,27,40-41H,9-15H2,1-8H3/t22?,25?,27-/m0/s1. The smallest absolute Gasteiger partial charge is 0.305 e. The summed E-state index contributed by atoms with van der Waals surface area (Å²) in [5.74, 6) is 0.406. The van der Waals surface area contributed by atoms with Gasteiger partial charge in [0.2, 0.25) is 0 Å². The second-order valence-electron chi connectivity index (χ2n) is 12.4. The van der Waals surface area contributed by atoms with E-state index in [1.54, 1.807) is 0 Å². The number of carbonyl (C=O) groups is 1. The van der Waals surface area contributed by atoms with Gasteiger partial charge in [0.15, 0.2) is 0 Å². The summed E-state index contributed by atoms with van der Waals surface area (Å²) in [5, 5.41) is 0. The van der Waals surface area contributed by atoms with E-state index in [0.29, 0.717) is 38.5 Å². The number of aromatic amines is 2. The maximum atomic E-state index is 12.2. The topological polar surface area (TPSA) is 102 Å². The molecule has 2 unspecified atom stereocenters. The third kappa shape index (κ3) is 6.80. The lowest BCUT2D eigenvalue weighted by Crippen LogP contribution is -2.09. The minimum atomic E-state index is -0.210. The fraction of sp³-hybridized carbons (Fsp3) is 0.486. The van der Waals surface area contributed by atoms with Crippen molar-refractivity contribution in [1.82, 2.24) is 19.9 Å². The van der Waals surface area contributed by atoms with Gasteiger partial charge in [-0.1, -0.05) is 13.8 Å². The van der Waals surface area contributed by atoms with Gasteiger partial charge in [-0.25, -0.2) is 4.98 Å². The number of nitrogens with one attached hydrogen (secondary N) is 2. The number of hydrogen-bond donors (Lipinski definition) is 2. The Morgan fingerprint density at radius 2 is 1.70 bits per heavy atom. The van der Waals surface area contributed by atoms with Crippen molar-refractivity contribution in [2.45, 2.75) is 85.7 Å². The van der Waals surface area contributed by atoms with Gasteiger partial charge in [0.05, 0.1) is 44.4 Å². The fourth-order valence-electron chi connectivity index (χ4n) is 6.84. The molecule has 9 heteroatoms. The Hall–Kier alpha value is -3.46. The van der Waals surface area contributed by atoms with Gasteiger partial charge >= 0.3 is 5.97 Å². The SMILES string of the molecule is CCc1c(C)c2cc3[nH]c(cc4nc(c(C)c5nc(cc1[nH]2)C(C)=C5)[C@@H](CCC(=O)OC)C4C)c(C)c3C(C)OCCOCCCl. The number of halogens is 1. The zero-order valence-electron chi connectivity index (χ0n) is 28.4. The van der Waals surface area contributed by atoms with Crippen molar-refractivity contribution >= 4 is 51.3 Å². The normalized spacial score (nSPS) is 16.8. The summed E-state index contributed by atoms with van der Waals surface area (Å²) in [6.07, 6.45) is 3.84. The molecule has 3 aromatic rings. The molecule has 5 rings (SSSR count). The van der Waals surface area contributed by atoms with Gasteiger partial charge in [0, 0.05) is 63.2 Å². The number of ether oxygens (including phenoxy) is 3. The predicted octanol–water partition coefficient (Wildman–Crippen LogP) is 8.54. The van der Waals surface area contributed by atoms with Crippen molar-refractivity contribution in [3.05, 3.63) is 68.8 Å². The van der Waals surface area contributed by atoms with Crippen LogP contribution in [0.3, 0.4) is 0 Å². The Morgan fingerprint density at radius 1 is 0.957 bits per heavy atom. The average molecular weight is 647 g/mol. The van der Waals surface area contributed by atoms with Crippen molar-refractivity contribution in [3.8, 4) is 0 Å². The van der Waals surface area contributed by atoms with E-state index >= 15 is 0 Å². The molecule has 246 valence electrons. The van der Waals surface area contributed by atoms with Gasteiger partial charge in [0.1, 0.15) is 0 Å². The molecule has 0 fully saturated rings. The van der Waals surface area contributed by atoms with Crippen molar-refractivity contribution in [1.29, 1.82) is 0 Å². The minimum Gasteiger partial charge on any atom is -0.469 e. The molecule has 2 aliphatic rings. The van der Waals surface area contributed by atoms with Gasteiger partial charge in [-0.15, -0.1) is 11.6 Å². The highest BCUT2D eigenvalue weighted by Crippen LogP contribution is 2.42. The van der Waals surface area contributed by atoms with Crippen LogP contribution in [-0.4, -0.2) is 58.7 Å². The number of aromatic nitrogens is 4. The molecule has 5 heterocycles. The van der Waals surface area contributed by atoms with Crippen molar-refractivity contribution in [3.63, 3.8) is 0 Å². The van der Waals surface area contributed by atoms with Crippen molar-refractivity contribution < 1.29 is 19.0 Å². The van der Waals surface area contributed by atoms with Gasteiger partial charge in [0.25, 0.3) is 0 Å². The lowest BCUT2D eigenvalue weighted by Gasteiger charge is -2.16. The second-order valence-corrected chi connectivity index (χ2v) is 12.8. The first-order chi connectivity index (χ1) is 22.1. The largest absolute Gasteiger partial charge is 0.469 e. The Balaban J connectivity index is 1.79. The van der Waals surface area contributed by atoms with Crippen LogP contribution in [0.2, 0.25) is 0 Å². The summed E-state index contributed by atoms with van der Waals surface area (Å²) in [6, 6.07) is 6.54. The van der Waals surface area contributed by atoms with Crippen LogP contribution in [0.1, 0.15) is 109 Å². The van der Waals surface area contributed by atoms with Crippen LogP contribution in [0.4, 0.5) is 0 Å². The summed E-state index contributed by atoms with van der Waals surface area (Å²) in [6.45, 7) is 16.5. The van der Waals surface area contributed by atoms with Gasteiger partial charge in [-0.3, -0.25) is 9.78 Å². The monoisotopic (exact) mass is 646 g/mol. The van der Waals surface area contributed by atoms with Gasteiger partial charge < -0.3 is 24.2 Å². The van der Waals surface area contributed by atoms with Crippen LogP contribution in [0, 0.1) is 20.8 Å². The molecule has 0 aromatic carbocycles. The van der Waals surface area contributed by atoms with Crippen LogP contribution in [0.15, 0.2) is 18.2 Å². The molecule has 46 heavy (non-hydrogen) atoms. The highest BCUT2D eigenvalue weighted by Gasteiger charge is 2.31. The zero-order valence-corrected chi connectivity index (χ0v) is 29.2. The molecule has 0 spiro atoms. The molecule has 2 N–H and O–H groups in total. The number of rotatable bonds is 11. The molecule has 8 nitrogen and oxygen atoms in total. The Labute approximate surface area is 277 Å². The van der Waals surface area contributed by atoms with Gasteiger partial charge in [-0.2, -0.15) is 0 Å². The molecule has 0 amide bonds. The molecule has 0 radical (unpaired) electrons. The highest BCUT2D eigenvalue weighted by atomic mass is 35.5. The number of alkyl halides is 1. The van der Waals surface area contributed by atoms with E-state index in [0.717, 1.165) is 73.5 Å². The first kappa shape index (κ1) is 33.9. The molecule has 0 saturated carbocycles. The van der Waals surface area contributed by atoms with Crippen LogP contribution in [-0.2, 0) is 25.4 Å². The molecule has 3 aromatic heterocycles. The molecule has 0 saturated heterocycles. The summed E-state index contributed by atoms with van der Waals surface area (Å²) in [4.78, 5) is 30.0. The van der Waals surface area contributed by atoms with E-state index in [1.807, 2.05) is 0 Å². The quantitative estimate of drug-likeness (QED) is 0.123. The van der Waals surface area contributed by atoms with Crippen molar-refractivity contribution in [2.75, 3.05) is 32.8 Å². The summed E-state index contributed by atoms with van der Waals surface area (Å²) >= 11 is 5.77. The summed E-state index contributed by atoms with van der Waals surface area (Å²) in [5.41, 5.74) is 14.8. The van der Waals surface area contributed by atoms with E-state index in [9.17, 15) is 4.79 Å². The maximum absolute atomic E-state index is 12.2. The second kappa shape index (κ2) is 14.5. The van der Waals surface area contributed by atoms with E-state index in [1.165, 1.54) is 18.2 Å². The molecule has 3 atom stereocenters. The summed E-state index contributed by atoms with van der Waals surface area (Å²) < 4.78 is 16.9. The first-order valence-corrected chi connectivity index (χ1v) is 16.9. The fourth-order valence-corrected chi connectivity index (χ4v) is 6.95. The van der Waals surface area contributed by atoms with E-state index < -0.39 is 0 Å². The predicted molar refractivity (Wildman–Crippen MR) is 186 cm³/mol. The number of hydrogen-bond acceptors (Lipinski definition) is 6. The third-order valence-electron chi connectivity index (χ3n) is 9.58. The number of aryl methyl sites for hydroxylation is 3. The average Bonchev–Trinajstić information content (AvgIpc) is 3.74. The van der Waals surface area contributed by atoms with Crippen LogP contribution >= 0.6 is 11.6 Å². The highest BCUT2D eigenvalue weighted by molar-refractivity contribution is 6.17. The number of carbonyl (C=O) groups excluding carboxylic acids is 1. The number of esters is 1. The van der Waals surface area contributed by atoms with Crippen LogP contribution in [0.5, 0.6) is 0 Å². The Kier molecular flexibility index (Phi) is 10.7. The van der Waals surface area contributed by atoms with Crippen molar-refractivity contribution in [2.24, 2.45) is 0 Å². The number of fused-ring (bicyclic) bond motifs is 8. The van der Waals surface area contributed by atoms with Crippen LogP contribution < -0.4 is 0 Å². The Morgan fingerprint density at radius 3 is 2.41 bits per heavy atom. The summed E-state index contributed by atoms with van der Waals surface area (Å²) in [7, 11) is 1.44. The molecular weight excluding hydrogens is 600 g/mol. The number of nitrogens with zero attached hydrogens (tertiary/aromatic N) is 2. The number of methoxy groups -OCH3 is 1. The molecule has 8 bridgehead atoms. The Bertz CT molecular complexity index is 1800. The third-order valence-corrected chi connectivity index (χ3v) is 9.74. The number of H-pyrrole nitrogens is 2. The van der Waals surface area contributed by atoms with Gasteiger partial charge in [-0.05, 0) is 99.6 Å². The first-order valence-electron chi connectivity index (χ1n) is 16.3. The minimum absolute atomic E-state index is 0.0568. The van der Waals surface area contributed by atoms with E-state index in [2.05, 4.69) is 82.7 Å². The number of allylic oxidation sites excluding steroid dienone is 1. The zero-order chi connectivity index (χ0) is 33.1. The lowest BCUT2D eigenvalue weighted by molar-refractivity contribution is -0.140. The molecular formula is C37H47ClN4O4. The molecule has 0 aliphatic carbocycles. The van der Waals surface area contributed by atoms with E-state index in [-0.39, 0.29) is 23.9 Å².